The zero-order valence-electron chi connectivity index (χ0n) is 6.80. The van der Waals surface area contributed by atoms with Crippen LogP contribution >= 0.6 is 0 Å². The molecule has 0 spiro atoms. The number of hydrogen-bond donors (Lipinski definition) is 0. The fourth-order valence-corrected chi connectivity index (χ4v) is 1.38. The Balaban J connectivity index is 2.43. The fraction of sp³-hybridized carbons (Fsp3) is 0.500. The molecule has 0 N–H and O–H groups in total. The maximum Gasteiger partial charge on any atom is 0.115 e. The van der Waals surface area contributed by atoms with Crippen molar-refractivity contribution < 1.29 is 1.37 Å². The zero-order chi connectivity index (χ0) is 7.68. The molecule has 1 heterocycles. The SMILES string of the molecule is [2H]c1ncc2c(n1)CCCC2. The van der Waals surface area contributed by atoms with Crippen LogP contribution in [0, 0.1) is 0 Å². The van der Waals surface area contributed by atoms with Crippen molar-refractivity contribution >= 4 is 0 Å². The largest absolute Gasteiger partial charge is 0.245 e. The first kappa shape index (κ1) is 4.83. The molecule has 52 valence electrons. The van der Waals surface area contributed by atoms with Gasteiger partial charge in [-0.1, -0.05) is 0 Å². The van der Waals surface area contributed by atoms with Gasteiger partial charge in [0.25, 0.3) is 0 Å². The van der Waals surface area contributed by atoms with Crippen molar-refractivity contribution in [3.8, 4) is 0 Å². The number of aryl methyl sites for hydroxylation is 2. The van der Waals surface area contributed by atoms with Crippen LogP contribution in [-0.4, -0.2) is 9.97 Å². The van der Waals surface area contributed by atoms with Gasteiger partial charge in [-0.2, -0.15) is 0 Å². The highest BCUT2D eigenvalue weighted by atomic mass is 14.8. The van der Waals surface area contributed by atoms with Crippen molar-refractivity contribution in [2.45, 2.75) is 25.7 Å². The molecule has 0 aliphatic heterocycles. The van der Waals surface area contributed by atoms with Gasteiger partial charge in [0.1, 0.15) is 7.67 Å². The van der Waals surface area contributed by atoms with E-state index in [1.54, 1.807) is 6.20 Å². The van der Waals surface area contributed by atoms with Crippen LogP contribution in [0.2, 0.25) is 0 Å². The predicted octanol–water partition coefficient (Wildman–Crippen LogP) is 1.36. The Morgan fingerprint density at radius 2 is 2.30 bits per heavy atom. The average Bonchev–Trinajstić information content (AvgIpc) is 2.04. The quantitative estimate of drug-likeness (QED) is 0.536. The van der Waals surface area contributed by atoms with Gasteiger partial charge in [-0.15, -0.1) is 0 Å². The molecule has 0 bridgehead atoms. The second-order valence-corrected chi connectivity index (χ2v) is 2.65. The molecule has 2 heteroatoms. The van der Waals surface area contributed by atoms with Crippen LogP contribution in [0.15, 0.2) is 12.5 Å². The van der Waals surface area contributed by atoms with Gasteiger partial charge in [-0.3, -0.25) is 0 Å². The number of hydrogen-bond acceptors (Lipinski definition) is 2. The van der Waals surface area contributed by atoms with E-state index in [2.05, 4.69) is 9.97 Å². The predicted molar refractivity (Wildman–Crippen MR) is 38.7 cm³/mol. The molecular weight excluding hydrogens is 124 g/mol. The molecule has 0 fully saturated rings. The summed E-state index contributed by atoms with van der Waals surface area (Å²) in [7, 11) is 0. The topological polar surface area (TPSA) is 25.8 Å². The van der Waals surface area contributed by atoms with Crippen molar-refractivity contribution in [1.29, 1.82) is 0 Å². The molecule has 0 radical (unpaired) electrons. The van der Waals surface area contributed by atoms with Crippen molar-refractivity contribution in [1.82, 2.24) is 9.97 Å². The third kappa shape index (κ3) is 0.897. The van der Waals surface area contributed by atoms with Crippen molar-refractivity contribution in [3.05, 3.63) is 23.8 Å². The van der Waals surface area contributed by atoms with Crippen LogP contribution in [-0.2, 0) is 12.8 Å². The Morgan fingerprint density at radius 3 is 3.30 bits per heavy atom. The van der Waals surface area contributed by atoms with Crippen molar-refractivity contribution in [3.63, 3.8) is 0 Å². The van der Waals surface area contributed by atoms with E-state index in [4.69, 9.17) is 1.37 Å². The lowest BCUT2D eigenvalue weighted by molar-refractivity contribution is 0.662. The molecule has 10 heavy (non-hydrogen) atoms. The molecule has 0 amide bonds. The lowest BCUT2D eigenvalue weighted by atomic mass is 9.98. The molecule has 0 saturated heterocycles. The van der Waals surface area contributed by atoms with Crippen molar-refractivity contribution in [2.75, 3.05) is 0 Å². The number of rotatable bonds is 0. The van der Waals surface area contributed by atoms with E-state index in [1.807, 2.05) is 0 Å². The Kier molecular flexibility index (Phi) is 1.14. The second kappa shape index (κ2) is 2.37. The van der Waals surface area contributed by atoms with E-state index >= 15 is 0 Å². The summed E-state index contributed by atoms with van der Waals surface area (Å²) >= 11 is 0. The number of nitrogens with zero attached hydrogens (tertiary/aromatic N) is 2. The summed E-state index contributed by atoms with van der Waals surface area (Å²) in [4.78, 5) is 7.92. The molecule has 2 nitrogen and oxygen atoms in total. The van der Waals surface area contributed by atoms with Gasteiger partial charge in [-0.25, -0.2) is 9.97 Å². The Hall–Kier alpha value is -0.920. The molecule has 0 aromatic carbocycles. The Labute approximate surface area is 61.7 Å². The van der Waals surface area contributed by atoms with Crippen molar-refractivity contribution in [2.24, 2.45) is 0 Å². The molecule has 2 rings (SSSR count). The third-order valence-corrected chi connectivity index (χ3v) is 1.94. The van der Waals surface area contributed by atoms with Gasteiger partial charge >= 0.3 is 0 Å². The molecule has 0 unspecified atom stereocenters. The lowest BCUT2D eigenvalue weighted by Crippen LogP contribution is -2.04. The maximum atomic E-state index is 7.21. The minimum Gasteiger partial charge on any atom is -0.245 e. The first-order valence-corrected chi connectivity index (χ1v) is 3.67. The highest BCUT2D eigenvalue weighted by Crippen LogP contribution is 2.16. The van der Waals surface area contributed by atoms with Gasteiger partial charge in [0.15, 0.2) is 0 Å². The summed E-state index contributed by atoms with van der Waals surface area (Å²) in [5, 5.41) is 0. The zero-order valence-corrected chi connectivity index (χ0v) is 5.80. The Morgan fingerprint density at radius 1 is 1.40 bits per heavy atom. The smallest absolute Gasteiger partial charge is 0.115 e. The number of aromatic nitrogens is 2. The van der Waals surface area contributed by atoms with E-state index in [9.17, 15) is 0 Å². The van der Waals surface area contributed by atoms with Gasteiger partial charge < -0.3 is 0 Å². The minimum absolute atomic E-state index is 0.158. The second-order valence-electron chi connectivity index (χ2n) is 2.65. The van der Waals surface area contributed by atoms with Crippen LogP contribution in [0.1, 0.15) is 25.5 Å². The average molecular weight is 135 g/mol. The minimum atomic E-state index is 0.158. The summed E-state index contributed by atoms with van der Waals surface area (Å²) in [6.07, 6.45) is 6.53. The summed E-state index contributed by atoms with van der Waals surface area (Å²) in [5.74, 6) is 0. The molecule has 1 aliphatic carbocycles. The monoisotopic (exact) mass is 135 g/mol. The van der Waals surface area contributed by atoms with E-state index in [-0.39, 0.29) is 6.30 Å². The standard InChI is InChI=1S/C8H10N2/c1-2-4-8-7(3-1)5-9-6-10-8/h5-6H,1-4H2/i6D. The lowest BCUT2D eigenvalue weighted by Gasteiger charge is -2.11. The highest BCUT2D eigenvalue weighted by molar-refractivity contribution is 5.18. The van der Waals surface area contributed by atoms with E-state index in [1.165, 1.54) is 18.4 Å². The van der Waals surface area contributed by atoms with Crippen LogP contribution in [0.3, 0.4) is 0 Å². The highest BCUT2D eigenvalue weighted by Gasteiger charge is 2.08. The van der Waals surface area contributed by atoms with Crippen LogP contribution in [0.25, 0.3) is 0 Å². The van der Waals surface area contributed by atoms with E-state index in [0.717, 1.165) is 18.5 Å². The summed E-state index contributed by atoms with van der Waals surface area (Å²) < 4.78 is 7.21. The first-order valence-electron chi connectivity index (χ1n) is 4.17. The van der Waals surface area contributed by atoms with Gasteiger partial charge in [0, 0.05) is 11.9 Å². The van der Waals surface area contributed by atoms with Crippen LogP contribution in [0.5, 0.6) is 0 Å². The number of fused-ring (bicyclic) bond motifs is 1. The van der Waals surface area contributed by atoms with E-state index in [0.29, 0.717) is 0 Å². The molecule has 0 saturated carbocycles. The Bertz CT molecular complexity index is 273. The molecule has 1 aliphatic rings. The summed E-state index contributed by atoms with van der Waals surface area (Å²) in [6, 6.07) is 0. The molecular formula is C8H10N2. The summed E-state index contributed by atoms with van der Waals surface area (Å²) in [5.41, 5.74) is 2.34. The third-order valence-electron chi connectivity index (χ3n) is 1.94. The van der Waals surface area contributed by atoms with Crippen LogP contribution < -0.4 is 0 Å². The normalized spacial score (nSPS) is 17.8. The first-order chi connectivity index (χ1) is 5.36. The summed E-state index contributed by atoms with van der Waals surface area (Å²) in [6.45, 7) is 0. The van der Waals surface area contributed by atoms with Gasteiger partial charge in [-0.05, 0) is 31.2 Å². The maximum absolute atomic E-state index is 7.21. The van der Waals surface area contributed by atoms with Crippen LogP contribution in [0.4, 0.5) is 0 Å². The molecule has 1 aromatic heterocycles. The fourth-order valence-electron chi connectivity index (χ4n) is 1.38. The molecule has 1 aromatic rings. The molecule has 0 atom stereocenters. The van der Waals surface area contributed by atoms with E-state index < -0.39 is 0 Å². The van der Waals surface area contributed by atoms with Gasteiger partial charge in [0.2, 0.25) is 0 Å². The van der Waals surface area contributed by atoms with Gasteiger partial charge in [0.05, 0.1) is 0 Å².